The average Bonchev–Trinajstić information content (AvgIpc) is 3.02. The summed E-state index contributed by atoms with van der Waals surface area (Å²) in [5, 5.41) is 4.07. The summed E-state index contributed by atoms with van der Waals surface area (Å²) in [7, 11) is 0. The van der Waals surface area contributed by atoms with Gasteiger partial charge in [0.15, 0.2) is 11.2 Å². The zero-order valence-electron chi connectivity index (χ0n) is 14.8. The van der Waals surface area contributed by atoms with Crippen molar-refractivity contribution in [2.75, 3.05) is 5.32 Å². The third kappa shape index (κ3) is 3.21. The largest absolute Gasteiger partial charge is 0.353 e. The first-order chi connectivity index (χ1) is 12.7. The summed E-state index contributed by atoms with van der Waals surface area (Å²) in [4.78, 5) is 24.7. The highest BCUT2D eigenvalue weighted by molar-refractivity contribution is 6.30. The van der Waals surface area contributed by atoms with Crippen LogP contribution < -0.4 is 10.9 Å². The number of aryl methyl sites for hydroxylation is 1. The number of fused-ring (bicyclic) bond motifs is 1. The lowest BCUT2D eigenvalue weighted by Crippen LogP contribution is -2.25. The van der Waals surface area contributed by atoms with Crippen LogP contribution in [-0.2, 0) is 6.54 Å². The molecule has 1 aliphatic rings. The van der Waals surface area contributed by atoms with E-state index in [2.05, 4.69) is 20.3 Å². The summed E-state index contributed by atoms with van der Waals surface area (Å²) in [5.74, 6) is 1.26. The van der Waals surface area contributed by atoms with Crippen molar-refractivity contribution in [3.8, 4) is 11.4 Å². The predicted molar refractivity (Wildman–Crippen MR) is 105 cm³/mol. The number of anilines is 1. The Labute approximate surface area is 156 Å². The van der Waals surface area contributed by atoms with E-state index in [9.17, 15) is 4.79 Å². The molecule has 0 unspecified atom stereocenters. The van der Waals surface area contributed by atoms with Crippen LogP contribution in [0, 0.1) is 0 Å². The van der Waals surface area contributed by atoms with E-state index in [0.717, 1.165) is 24.2 Å². The highest BCUT2D eigenvalue weighted by Crippen LogP contribution is 2.25. The minimum atomic E-state index is -0.212. The van der Waals surface area contributed by atoms with Gasteiger partial charge in [0, 0.05) is 23.2 Å². The van der Waals surface area contributed by atoms with E-state index in [4.69, 9.17) is 11.6 Å². The van der Waals surface area contributed by atoms with Gasteiger partial charge in [-0.1, -0.05) is 30.9 Å². The number of nitrogens with zero attached hydrogens (tertiary/aromatic N) is 3. The maximum Gasteiger partial charge on any atom is 0.280 e. The molecule has 4 rings (SSSR count). The molecule has 2 N–H and O–H groups in total. The number of imidazole rings is 1. The number of H-pyrrole nitrogens is 1. The molecule has 0 radical (unpaired) electrons. The van der Waals surface area contributed by atoms with Crippen molar-refractivity contribution >= 4 is 28.7 Å². The van der Waals surface area contributed by atoms with Crippen molar-refractivity contribution in [3.05, 3.63) is 39.6 Å². The van der Waals surface area contributed by atoms with Crippen LogP contribution in [0.2, 0.25) is 5.02 Å². The molecular weight excluding hydrogens is 350 g/mol. The number of nitrogens with one attached hydrogen (secondary N) is 2. The lowest BCUT2D eigenvalue weighted by molar-refractivity contribution is 0.461. The van der Waals surface area contributed by atoms with Crippen LogP contribution in [0.5, 0.6) is 0 Å². The third-order valence-electron chi connectivity index (χ3n) is 4.97. The molecule has 1 aromatic carbocycles. The lowest BCUT2D eigenvalue weighted by Gasteiger charge is -2.22. The summed E-state index contributed by atoms with van der Waals surface area (Å²) in [6.45, 7) is 2.70. The van der Waals surface area contributed by atoms with Gasteiger partial charge in [-0.3, -0.25) is 9.78 Å². The first-order valence-electron chi connectivity index (χ1n) is 9.18. The van der Waals surface area contributed by atoms with Gasteiger partial charge in [0.25, 0.3) is 5.56 Å². The summed E-state index contributed by atoms with van der Waals surface area (Å²) >= 11 is 5.99. The van der Waals surface area contributed by atoms with Gasteiger partial charge in [0.1, 0.15) is 5.82 Å². The first kappa shape index (κ1) is 17.1. The van der Waals surface area contributed by atoms with E-state index in [-0.39, 0.29) is 5.56 Å². The Morgan fingerprint density at radius 1 is 1.19 bits per heavy atom. The molecule has 0 saturated heterocycles. The van der Waals surface area contributed by atoms with Gasteiger partial charge in [-0.05, 0) is 44.0 Å². The van der Waals surface area contributed by atoms with Crippen LogP contribution in [0.1, 0.15) is 39.0 Å². The van der Waals surface area contributed by atoms with Crippen molar-refractivity contribution in [3.63, 3.8) is 0 Å². The molecule has 6 nitrogen and oxygen atoms in total. The van der Waals surface area contributed by atoms with E-state index >= 15 is 0 Å². The number of hydrogen-bond acceptors (Lipinski definition) is 4. The predicted octanol–water partition coefficient (Wildman–Crippen LogP) is 4.20. The Kier molecular flexibility index (Phi) is 4.68. The van der Waals surface area contributed by atoms with E-state index in [0.29, 0.717) is 34.7 Å². The number of aromatic amines is 1. The van der Waals surface area contributed by atoms with E-state index < -0.39 is 0 Å². The quantitative estimate of drug-likeness (QED) is 0.720. The second kappa shape index (κ2) is 7.11. The van der Waals surface area contributed by atoms with Gasteiger partial charge in [-0.25, -0.2) is 4.98 Å². The molecule has 136 valence electrons. The Balaban J connectivity index is 1.77. The maximum absolute atomic E-state index is 12.6. The van der Waals surface area contributed by atoms with Gasteiger partial charge in [-0.2, -0.15) is 4.98 Å². The fraction of sp³-hybridized carbons (Fsp3) is 0.421. The van der Waals surface area contributed by atoms with Crippen LogP contribution in [0.25, 0.3) is 22.6 Å². The Morgan fingerprint density at radius 3 is 2.62 bits per heavy atom. The van der Waals surface area contributed by atoms with Gasteiger partial charge in [0.05, 0.1) is 0 Å². The average molecular weight is 372 g/mol. The van der Waals surface area contributed by atoms with Crippen LogP contribution in [0.3, 0.4) is 0 Å². The molecule has 2 heterocycles. The number of benzene rings is 1. The molecule has 0 atom stereocenters. The first-order valence-corrected chi connectivity index (χ1v) is 9.56. The summed E-state index contributed by atoms with van der Waals surface area (Å²) < 4.78 is 1.97. The van der Waals surface area contributed by atoms with Gasteiger partial charge in [-0.15, -0.1) is 0 Å². The van der Waals surface area contributed by atoms with Crippen molar-refractivity contribution < 1.29 is 0 Å². The van der Waals surface area contributed by atoms with Crippen molar-refractivity contribution in [2.45, 2.75) is 51.6 Å². The van der Waals surface area contributed by atoms with E-state index in [1.165, 1.54) is 19.3 Å². The summed E-state index contributed by atoms with van der Waals surface area (Å²) in [6.07, 6.45) is 5.96. The highest BCUT2D eigenvalue weighted by atomic mass is 35.5. The fourth-order valence-electron chi connectivity index (χ4n) is 3.64. The Hall–Kier alpha value is -2.34. The second-order valence-corrected chi connectivity index (χ2v) is 7.19. The van der Waals surface area contributed by atoms with Crippen molar-refractivity contribution in [1.29, 1.82) is 0 Å². The van der Waals surface area contributed by atoms with Crippen LogP contribution in [-0.4, -0.2) is 25.6 Å². The van der Waals surface area contributed by atoms with E-state index in [1.807, 2.05) is 35.8 Å². The van der Waals surface area contributed by atoms with Gasteiger partial charge >= 0.3 is 0 Å². The van der Waals surface area contributed by atoms with Crippen LogP contribution in [0.4, 0.5) is 5.95 Å². The molecule has 0 bridgehead atoms. The second-order valence-electron chi connectivity index (χ2n) is 6.75. The maximum atomic E-state index is 12.6. The molecule has 26 heavy (non-hydrogen) atoms. The minimum absolute atomic E-state index is 0.212. The molecule has 0 amide bonds. The molecule has 0 spiro atoms. The number of hydrogen-bond donors (Lipinski definition) is 2. The SMILES string of the molecule is CCn1c(-c2ccc(Cl)cc2)nc2c(=O)[nH]c(NC3CCCCC3)nc21. The molecule has 0 aliphatic heterocycles. The molecule has 1 saturated carbocycles. The molecule has 1 fully saturated rings. The Morgan fingerprint density at radius 2 is 1.92 bits per heavy atom. The molecule has 3 aromatic rings. The normalized spacial score (nSPS) is 15.5. The van der Waals surface area contributed by atoms with Gasteiger partial charge < -0.3 is 9.88 Å². The van der Waals surface area contributed by atoms with Gasteiger partial charge in [0.2, 0.25) is 5.95 Å². The number of aromatic nitrogens is 4. The summed E-state index contributed by atoms with van der Waals surface area (Å²) in [6, 6.07) is 7.84. The number of rotatable bonds is 4. The standard InChI is InChI=1S/C19H22ClN5O/c1-2-25-16(12-8-10-13(20)11-9-12)22-15-17(25)23-19(24-18(15)26)21-14-6-4-3-5-7-14/h8-11,14H,2-7H2,1H3,(H2,21,23,24,26). The molecular formula is C19H22ClN5O. The highest BCUT2D eigenvalue weighted by Gasteiger charge is 2.19. The minimum Gasteiger partial charge on any atom is -0.353 e. The zero-order chi connectivity index (χ0) is 18.1. The molecule has 1 aliphatic carbocycles. The fourth-order valence-corrected chi connectivity index (χ4v) is 3.76. The smallest absolute Gasteiger partial charge is 0.280 e. The van der Waals surface area contributed by atoms with Crippen LogP contribution in [0.15, 0.2) is 29.1 Å². The topological polar surface area (TPSA) is 75.6 Å². The third-order valence-corrected chi connectivity index (χ3v) is 5.22. The Bertz CT molecular complexity index is 970. The molecule has 2 aromatic heterocycles. The monoisotopic (exact) mass is 371 g/mol. The molecule has 7 heteroatoms. The van der Waals surface area contributed by atoms with Crippen molar-refractivity contribution in [1.82, 2.24) is 19.5 Å². The lowest BCUT2D eigenvalue weighted by atomic mass is 9.96. The van der Waals surface area contributed by atoms with E-state index in [1.54, 1.807) is 0 Å². The summed E-state index contributed by atoms with van der Waals surface area (Å²) in [5.41, 5.74) is 1.68. The van der Waals surface area contributed by atoms with Crippen molar-refractivity contribution in [2.24, 2.45) is 0 Å². The zero-order valence-corrected chi connectivity index (χ0v) is 15.5. The number of halogens is 1. The van der Waals surface area contributed by atoms with Crippen LogP contribution >= 0.6 is 11.6 Å².